The van der Waals surface area contributed by atoms with E-state index in [1.54, 1.807) is 30.2 Å². The van der Waals surface area contributed by atoms with Crippen molar-refractivity contribution in [2.45, 2.75) is 13.5 Å². The van der Waals surface area contributed by atoms with E-state index in [2.05, 4.69) is 5.32 Å². The van der Waals surface area contributed by atoms with Crippen molar-refractivity contribution in [2.75, 3.05) is 25.6 Å². The molecule has 0 fully saturated rings. The van der Waals surface area contributed by atoms with Gasteiger partial charge in [-0.1, -0.05) is 29.3 Å². The molecule has 5 nitrogen and oxygen atoms in total. The van der Waals surface area contributed by atoms with Crippen LogP contribution in [0.5, 0.6) is 0 Å². The molecule has 124 valence electrons. The lowest BCUT2D eigenvalue weighted by Gasteiger charge is -2.22. The van der Waals surface area contributed by atoms with E-state index in [0.717, 1.165) is 5.76 Å². The molecular weight excluding hydrogens is 339 g/mol. The molecule has 0 saturated heterocycles. The normalized spacial score (nSPS) is 10.6. The number of amides is 2. The first kappa shape index (κ1) is 17.7. The summed E-state index contributed by atoms with van der Waals surface area (Å²) >= 11 is 12.2. The lowest BCUT2D eigenvalue weighted by atomic mass is 10.3. The first-order chi connectivity index (χ1) is 11.0. The number of benzene rings is 1. The smallest absolute Gasteiger partial charge is 0.322 e. The Labute approximate surface area is 145 Å². The minimum absolute atomic E-state index is 0.325. The van der Waals surface area contributed by atoms with Crippen LogP contribution < -0.4 is 5.32 Å². The summed E-state index contributed by atoms with van der Waals surface area (Å²) in [6.07, 6.45) is 0. The number of nitrogens with zero attached hydrogens (tertiary/aromatic N) is 1. The zero-order chi connectivity index (χ0) is 16.8. The van der Waals surface area contributed by atoms with E-state index in [1.807, 2.05) is 19.1 Å². The first-order valence-corrected chi connectivity index (χ1v) is 7.81. The molecule has 2 rings (SSSR count). The largest absolute Gasteiger partial charge is 0.464 e. The van der Waals surface area contributed by atoms with Crippen LogP contribution in [0, 0.1) is 6.92 Å². The van der Waals surface area contributed by atoms with E-state index < -0.39 is 0 Å². The van der Waals surface area contributed by atoms with Crippen LogP contribution in [-0.4, -0.2) is 31.2 Å². The van der Waals surface area contributed by atoms with Crippen molar-refractivity contribution in [3.8, 4) is 0 Å². The SMILES string of the molecule is COCCN(Cc1ccc(C)o1)C(=O)Nc1c(Cl)cccc1Cl. The molecule has 1 aromatic heterocycles. The Balaban J connectivity index is 2.12. The number of rotatable bonds is 6. The number of nitrogens with one attached hydrogen (secondary N) is 1. The van der Waals surface area contributed by atoms with Crippen LogP contribution in [0.15, 0.2) is 34.7 Å². The lowest BCUT2D eigenvalue weighted by Crippen LogP contribution is -2.36. The molecule has 0 saturated carbocycles. The highest BCUT2D eigenvalue weighted by Gasteiger charge is 2.18. The van der Waals surface area contributed by atoms with Gasteiger partial charge in [-0.25, -0.2) is 4.79 Å². The number of halogens is 2. The van der Waals surface area contributed by atoms with Crippen LogP contribution in [0.1, 0.15) is 11.5 Å². The molecule has 7 heteroatoms. The highest BCUT2D eigenvalue weighted by molar-refractivity contribution is 6.39. The van der Waals surface area contributed by atoms with E-state index in [0.29, 0.717) is 41.2 Å². The number of furan rings is 1. The average molecular weight is 357 g/mol. The second-order valence-corrected chi connectivity index (χ2v) is 5.77. The Morgan fingerprint density at radius 2 is 1.96 bits per heavy atom. The fourth-order valence-electron chi connectivity index (χ4n) is 2.02. The quantitative estimate of drug-likeness (QED) is 0.824. The predicted molar refractivity (Wildman–Crippen MR) is 91.2 cm³/mol. The van der Waals surface area contributed by atoms with Gasteiger partial charge in [0.05, 0.1) is 28.9 Å². The second kappa shape index (κ2) is 8.24. The second-order valence-electron chi connectivity index (χ2n) is 4.95. The Morgan fingerprint density at radius 1 is 1.26 bits per heavy atom. The Hall–Kier alpha value is -1.69. The van der Waals surface area contributed by atoms with Gasteiger partial charge in [0.2, 0.25) is 0 Å². The number of para-hydroxylation sites is 1. The minimum Gasteiger partial charge on any atom is -0.464 e. The summed E-state index contributed by atoms with van der Waals surface area (Å²) < 4.78 is 10.6. The summed E-state index contributed by atoms with van der Waals surface area (Å²) in [6.45, 7) is 2.99. The topological polar surface area (TPSA) is 54.7 Å². The van der Waals surface area contributed by atoms with Crippen molar-refractivity contribution in [2.24, 2.45) is 0 Å². The van der Waals surface area contributed by atoms with E-state index >= 15 is 0 Å². The van der Waals surface area contributed by atoms with E-state index in [1.165, 1.54) is 0 Å². The van der Waals surface area contributed by atoms with Gasteiger partial charge in [0.15, 0.2) is 0 Å². The van der Waals surface area contributed by atoms with E-state index in [4.69, 9.17) is 32.4 Å². The summed E-state index contributed by atoms with van der Waals surface area (Å²) in [4.78, 5) is 14.1. The van der Waals surface area contributed by atoms with Crippen LogP contribution in [0.4, 0.5) is 10.5 Å². The van der Waals surface area contributed by atoms with Gasteiger partial charge in [0.25, 0.3) is 0 Å². The van der Waals surface area contributed by atoms with Crippen molar-refractivity contribution in [3.63, 3.8) is 0 Å². The third-order valence-electron chi connectivity index (χ3n) is 3.19. The van der Waals surface area contributed by atoms with Crippen molar-refractivity contribution < 1.29 is 13.9 Å². The molecule has 0 aliphatic heterocycles. The Bertz CT molecular complexity index is 653. The number of aryl methyl sites for hydroxylation is 1. The number of carbonyl (C=O) groups excluding carboxylic acids is 1. The van der Waals surface area contributed by atoms with Crippen molar-refractivity contribution in [1.82, 2.24) is 4.90 Å². The van der Waals surface area contributed by atoms with Crippen LogP contribution in [0.2, 0.25) is 10.0 Å². The van der Waals surface area contributed by atoms with Crippen LogP contribution >= 0.6 is 23.2 Å². The molecule has 1 aromatic carbocycles. The van der Waals surface area contributed by atoms with Crippen LogP contribution in [0.25, 0.3) is 0 Å². The molecule has 0 bridgehead atoms. The van der Waals surface area contributed by atoms with Gasteiger partial charge in [0.1, 0.15) is 11.5 Å². The molecule has 2 aromatic rings. The lowest BCUT2D eigenvalue weighted by molar-refractivity contribution is 0.149. The van der Waals surface area contributed by atoms with Gasteiger partial charge in [-0.05, 0) is 31.2 Å². The van der Waals surface area contributed by atoms with Crippen molar-refractivity contribution >= 4 is 34.9 Å². The summed E-state index contributed by atoms with van der Waals surface area (Å²) in [7, 11) is 1.58. The molecule has 0 spiro atoms. The number of carbonyl (C=O) groups is 1. The van der Waals surface area contributed by atoms with Crippen LogP contribution in [-0.2, 0) is 11.3 Å². The van der Waals surface area contributed by atoms with E-state index in [9.17, 15) is 4.79 Å². The summed E-state index contributed by atoms with van der Waals surface area (Å²) in [5.41, 5.74) is 0.388. The van der Waals surface area contributed by atoms with E-state index in [-0.39, 0.29) is 6.03 Å². The molecule has 1 heterocycles. The molecule has 0 aliphatic rings. The van der Waals surface area contributed by atoms with Gasteiger partial charge in [0, 0.05) is 13.7 Å². The van der Waals surface area contributed by atoms with Gasteiger partial charge in [-0.15, -0.1) is 0 Å². The number of anilines is 1. The number of hydrogen-bond acceptors (Lipinski definition) is 3. The maximum atomic E-state index is 12.5. The van der Waals surface area contributed by atoms with Gasteiger partial charge >= 0.3 is 6.03 Å². The third-order valence-corrected chi connectivity index (χ3v) is 3.82. The third kappa shape index (κ3) is 4.89. The maximum absolute atomic E-state index is 12.5. The predicted octanol–water partition coefficient (Wildman–Crippen LogP) is 4.58. The van der Waals surface area contributed by atoms with Gasteiger partial charge in [-0.3, -0.25) is 0 Å². The van der Waals surface area contributed by atoms with Crippen molar-refractivity contribution in [1.29, 1.82) is 0 Å². The monoisotopic (exact) mass is 356 g/mol. The summed E-state index contributed by atoms with van der Waals surface area (Å²) in [5, 5.41) is 3.50. The Kier molecular flexibility index (Phi) is 6.33. The number of ether oxygens (including phenoxy) is 1. The standard InChI is InChI=1S/C16H18Cl2N2O3/c1-11-6-7-12(23-11)10-20(8-9-22-2)16(21)19-15-13(17)4-3-5-14(15)18/h3-7H,8-10H2,1-2H3,(H,19,21). The molecule has 0 aliphatic carbocycles. The molecule has 0 atom stereocenters. The summed E-state index contributed by atoms with van der Waals surface area (Å²) in [5.74, 6) is 1.49. The minimum atomic E-state index is -0.328. The molecule has 1 N–H and O–H groups in total. The molecule has 2 amide bonds. The number of methoxy groups -OCH3 is 1. The van der Waals surface area contributed by atoms with Crippen LogP contribution in [0.3, 0.4) is 0 Å². The average Bonchev–Trinajstić information content (AvgIpc) is 2.92. The number of urea groups is 1. The zero-order valence-electron chi connectivity index (χ0n) is 12.9. The highest BCUT2D eigenvalue weighted by atomic mass is 35.5. The fraction of sp³-hybridized carbons (Fsp3) is 0.312. The van der Waals surface area contributed by atoms with Crippen molar-refractivity contribution in [3.05, 3.63) is 51.9 Å². The zero-order valence-corrected chi connectivity index (χ0v) is 14.4. The molecule has 0 unspecified atom stereocenters. The highest BCUT2D eigenvalue weighted by Crippen LogP contribution is 2.30. The fourth-order valence-corrected chi connectivity index (χ4v) is 2.51. The Morgan fingerprint density at radius 3 is 2.52 bits per heavy atom. The molecule has 23 heavy (non-hydrogen) atoms. The first-order valence-electron chi connectivity index (χ1n) is 7.05. The van der Waals surface area contributed by atoms with Gasteiger partial charge < -0.3 is 19.4 Å². The molecule has 0 radical (unpaired) electrons. The summed E-state index contributed by atoms with van der Waals surface area (Å²) in [6, 6.07) is 8.41. The maximum Gasteiger partial charge on any atom is 0.322 e. The van der Waals surface area contributed by atoms with Gasteiger partial charge in [-0.2, -0.15) is 0 Å². The number of hydrogen-bond donors (Lipinski definition) is 1. The molecular formula is C16H18Cl2N2O3.